The number of aliphatic hydroxyl groups excluding tert-OH is 1. The Morgan fingerprint density at radius 3 is 2.23 bits per heavy atom. The van der Waals surface area contributed by atoms with Gasteiger partial charge in [-0.05, 0) is 62.7 Å². The minimum absolute atomic E-state index is 0.0605. The van der Waals surface area contributed by atoms with Crippen LogP contribution in [0.2, 0.25) is 0 Å². The number of benzene rings is 2. The molecule has 2 aromatic carbocycles. The average molecular weight is 428 g/mol. The average Bonchev–Trinajstić information content (AvgIpc) is 2.64. The van der Waals surface area contributed by atoms with E-state index >= 15 is 0 Å². The molecule has 0 aromatic heterocycles. The number of nitrogens with two attached hydrogens (primary N) is 2. The van der Waals surface area contributed by atoms with Gasteiger partial charge in [-0.1, -0.05) is 12.1 Å². The number of aliphatic hydroxyl groups is 1. The molecule has 0 heterocycles. The van der Waals surface area contributed by atoms with Crippen molar-refractivity contribution in [1.29, 1.82) is 0 Å². The zero-order chi connectivity index (χ0) is 23.0. The first-order valence-electron chi connectivity index (χ1n) is 9.54. The van der Waals surface area contributed by atoms with Gasteiger partial charge in [0, 0.05) is 17.5 Å². The van der Waals surface area contributed by atoms with Crippen LogP contribution in [0, 0.1) is 0 Å². The Morgan fingerprint density at radius 2 is 1.65 bits per heavy atom. The van der Waals surface area contributed by atoms with E-state index in [1.54, 1.807) is 63.2 Å². The van der Waals surface area contributed by atoms with Crippen molar-refractivity contribution in [3.8, 4) is 0 Å². The second kappa shape index (κ2) is 10.5. The number of anilines is 4. The van der Waals surface area contributed by atoms with Crippen LogP contribution in [0.4, 0.5) is 27.5 Å². The zero-order valence-corrected chi connectivity index (χ0v) is 17.7. The number of hydrogen-bond acceptors (Lipinski definition) is 7. The molecule has 2 amide bonds. The summed E-state index contributed by atoms with van der Waals surface area (Å²) in [6, 6.07) is 11.6. The molecule has 0 radical (unpaired) electrons. The summed E-state index contributed by atoms with van der Waals surface area (Å²) in [6.07, 6.45) is 0.358. The minimum Gasteiger partial charge on any atom is -0.444 e. The van der Waals surface area contributed by atoms with Gasteiger partial charge < -0.3 is 31.4 Å². The zero-order valence-electron chi connectivity index (χ0n) is 17.7. The summed E-state index contributed by atoms with van der Waals surface area (Å²) in [6.45, 7) is 5.31. The first kappa shape index (κ1) is 23.7. The molecule has 2 rings (SSSR count). The Bertz CT molecular complexity index is 933. The maximum absolute atomic E-state index is 12.2. The number of amides is 2. The third kappa shape index (κ3) is 8.77. The van der Waals surface area contributed by atoms with Crippen molar-refractivity contribution in [3.05, 3.63) is 60.2 Å². The van der Waals surface area contributed by atoms with Crippen LogP contribution in [0.25, 0.3) is 0 Å². The lowest BCUT2D eigenvalue weighted by atomic mass is 10.2. The molecule has 0 spiro atoms. The Morgan fingerprint density at radius 1 is 1.06 bits per heavy atom. The van der Waals surface area contributed by atoms with Crippen molar-refractivity contribution in [2.24, 2.45) is 0 Å². The molecule has 0 saturated carbocycles. The van der Waals surface area contributed by atoms with Crippen molar-refractivity contribution in [2.75, 3.05) is 22.1 Å². The fourth-order valence-corrected chi connectivity index (χ4v) is 2.52. The summed E-state index contributed by atoms with van der Waals surface area (Å²) >= 11 is 0. The Hall–Kier alpha value is -3.56. The van der Waals surface area contributed by atoms with Crippen LogP contribution in [-0.4, -0.2) is 29.0 Å². The van der Waals surface area contributed by atoms with Crippen molar-refractivity contribution in [2.45, 2.75) is 39.3 Å². The molecule has 0 saturated heterocycles. The number of nitrogen functional groups attached to an aromatic ring is 2. The van der Waals surface area contributed by atoms with Crippen molar-refractivity contribution in [3.63, 3.8) is 0 Å². The second-order valence-electron chi connectivity index (χ2n) is 7.73. The maximum atomic E-state index is 12.2. The molecule has 2 aromatic rings. The van der Waals surface area contributed by atoms with Crippen LogP contribution < -0.4 is 22.1 Å². The Balaban J connectivity index is 1.91. The molecule has 7 N–H and O–H groups in total. The number of nitrogens with one attached hydrogen (secondary N) is 2. The van der Waals surface area contributed by atoms with Gasteiger partial charge in [0.2, 0.25) is 5.91 Å². The van der Waals surface area contributed by atoms with Crippen molar-refractivity contribution < 1.29 is 24.2 Å². The molecule has 9 nitrogen and oxygen atoms in total. The molecule has 9 heteroatoms. The molecule has 0 aliphatic rings. The lowest BCUT2D eigenvalue weighted by Gasteiger charge is -2.20. The van der Waals surface area contributed by atoms with Crippen LogP contribution in [0.15, 0.2) is 54.6 Å². The first-order valence-corrected chi connectivity index (χ1v) is 9.54. The summed E-state index contributed by atoms with van der Waals surface area (Å²) in [5.41, 5.74) is 13.2. The van der Waals surface area contributed by atoms with Gasteiger partial charge >= 0.3 is 6.09 Å². The lowest BCUT2D eigenvalue weighted by Crippen LogP contribution is -2.27. The number of carbonyl (C=O) groups is 2. The molecule has 0 aliphatic heterocycles. The normalized spacial score (nSPS) is 12.4. The van der Waals surface area contributed by atoms with E-state index in [1.807, 2.05) is 0 Å². The molecule has 0 bridgehead atoms. The predicted octanol–water partition coefficient (Wildman–Crippen LogP) is 3.23. The smallest absolute Gasteiger partial charge is 0.412 e. The molecular formula is C22H28N4O5. The summed E-state index contributed by atoms with van der Waals surface area (Å²) < 4.78 is 10.5. The molecule has 0 aliphatic carbocycles. The van der Waals surface area contributed by atoms with E-state index in [2.05, 4.69) is 10.6 Å². The van der Waals surface area contributed by atoms with E-state index in [4.69, 9.17) is 20.9 Å². The van der Waals surface area contributed by atoms with Gasteiger partial charge in [-0.3, -0.25) is 10.1 Å². The molecule has 166 valence electrons. The molecule has 0 fully saturated rings. The van der Waals surface area contributed by atoms with E-state index in [9.17, 15) is 14.7 Å². The third-order valence-electron chi connectivity index (χ3n) is 3.69. The molecule has 1 atom stereocenters. The van der Waals surface area contributed by atoms with Crippen LogP contribution in [0.5, 0.6) is 0 Å². The monoisotopic (exact) mass is 428 g/mol. The fourth-order valence-electron chi connectivity index (χ4n) is 2.52. The minimum atomic E-state index is -1.32. The molecule has 1 unspecified atom stereocenters. The summed E-state index contributed by atoms with van der Waals surface area (Å²) in [4.78, 5) is 24.2. The number of hydrogen-bond donors (Lipinski definition) is 5. The van der Waals surface area contributed by atoms with Gasteiger partial charge in [-0.25, -0.2) is 4.79 Å². The van der Waals surface area contributed by atoms with E-state index in [0.29, 0.717) is 28.3 Å². The van der Waals surface area contributed by atoms with Gasteiger partial charge in [0.1, 0.15) is 5.60 Å². The standard InChI is InChI=1S/C22H28N4O5/c1-22(2,3)31-21(29)26-18-7-5-4-6-17(18)25-19(27)8-9-20(28)30-13-14-10-15(23)12-16(24)11-14/h4-12,20,28H,13,23-24H2,1-3H3,(H,25,27)(H,26,29)/b9-8+. The highest BCUT2D eigenvalue weighted by atomic mass is 16.6. The summed E-state index contributed by atoms with van der Waals surface area (Å²) in [5.74, 6) is -0.519. The number of ether oxygens (including phenoxy) is 2. The second-order valence-corrected chi connectivity index (χ2v) is 7.73. The SMILES string of the molecule is CC(C)(C)OC(=O)Nc1ccccc1NC(=O)/C=C/C(O)OCc1cc(N)cc(N)c1. The van der Waals surface area contributed by atoms with Gasteiger partial charge in [0.25, 0.3) is 0 Å². The highest BCUT2D eigenvalue weighted by molar-refractivity contribution is 6.03. The number of para-hydroxylation sites is 2. The van der Waals surface area contributed by atoms with Crippen LogP contribution >= 0.6 is 0 Å². The van der Waals surface area contributed by atoms with E-state index in [1.165, 1.54) is 6.08 Å². The Kier molecular flexibility index (Phi) is 8.00. The van der Waals surface area contributed by atoms with Crippen LogP contribution in [0.1, 0.15) is 26.3 Å². The quantitative estimate of drug-likeness (QED) is 0.258. The van der Waals surface area contributed by atoms with Crippen molar-refractivity contribution in [1.82, 2.24) is 0 Å². The molecular weight excluding hydrogens is 400 g/mol. The third-order valence-corrected chi connectivity index (χ3v) is 3.69. The summed E-state index contributed by atoms with van der Waals surface area (Å²) in [5, 5.41) is 15.1. The number of carbonyl (C=O) groups excluding carboxylic acids is 2. The van der Waals surface area contributed by atoms with Gasteiger partial charge in [-0.15, -0.1) is 0 Å². The molecule has 31 heavy (non-hydrogen) atoms. The van der Waals surface area contributed by atoms with Gasteiger partial charge in [0.05, 0.1) is 18.0 Å². The predicted molar refractivity (Wildman–Crippen MR) is 120 cm³/mol. The van der Waals surface area contributed by atoms with E-state index < -0.39 is 23.9 Å². The topological polar surface area (TPSA) is 149 Å². The highest BCUT2D eigenvalue weighted by Gasteiger charge is 2.17. The van der Waals surface area contributed by atoms with Gasteiger partial charge in [0.15, 0.2) is 6.29 Å². The van der Waals surface area contributed by atoms with E-state index in [-0.39, 0.29) is 6.61 Å². The fraction of sp³-hybridized carbons (Fsp3) is 0.273. The largest absolute Gasteiger partial charge is 0.444 e. The maximum Gasteiger partial charge on any atom is 0.412 e. The van der Waals surface area contributed by atoms with Crippen molar-refractivity contribution >= 4 is 34.7 Å². The van der Waals surface area contributed by atoms with Crippen LogP contribution in [0.3, 0.4) is 0 Å². The Labute approximate surface area is 181 Å². The highest BCUT2D eigenvalue weighted by Crippen LogP contribution is 2.22. The van der Waals surface area contributed by atoms with E-state index in [0.717, 1.165) is 6.08 Å². The van der Waals surface area contributed by atoms with Gasteiger partial charge in [-0.2, -0.15) is 0 Å². The first-order chi connectivity index (χ1) is 14.5. The summed E-state index contributed by atoms with van der Waals surface area (Å²) in [7, 11) is 0. The lowest BCUT2D eigenvalue weighted by molar-refractivity contribution is -0.112. The van der Waals surface area contributed by atoms with Crippen LogP contribution in [-0.2, 0) is 20.9 Å². The number of rotatable bonds is 7.